The summed E-state index contributed by atoms with van der Waals surface area (Å²) < 4.78 is 34.4. The number of rotatable bonds is 14. The first-order valence-electron chi connectivity index (χ1n) is 16.5. The lowest BCUT2D eigenvalue weighted by Gasteiger charge is -2.33. The van der Waals surface area contributed by atoms with Gasteiger partial charge in [0.15, 0.2) is 0 Å². The van der Waals surface area contributed by atoms with Gasteiger partial charge in [-0.3, -0.25) is 14.4 Å². The summed E-state index contributed by atoms with van der Waals surface area (Å²) in [5.74, 6) is -0.427. The number of hydrogen-bond donors (Lipinski definition) is 4. The fourth-order valence-corrected chi connectivity index (χ4v) is 6.85. The van der Waals surface area contributed by atoms with E-state index in [-0.39, 0.29) is 61.1 Å². The highest BCUT2D eigenvalue weighted by molar-refractivity contribution is 7.89. The largest absolute Gasteiger partial charge is 0.488 e. The van der Waals surface area contributed by atoms with Crippen molar-refractivity contribution >= 4 is 44.8 Å². The first kappa shape index (κ1) is 37.4. The average molecular weight is 694 g/mol. The smallest absolute Gasteiger partial charge is 0.242 e. The quantitative estimate of drug-likeness (QED) is 0.143. The van der Waals surface area contributed by atoms with Crippen molar-refractivity contribution in [2.45, 2.75) is 69.4 Å². The molecule has 264 valence electrons. The monoisotopic (exact) mass is 693 g/mol. The summed E-state index contributed by atoms with van der Waals surface area (Å²) in [4.78, 5) is 40.4. The molecule has 1 aliphatic heterocycles. The van der Waals surface area contributed by atoms with Crippen LogP contribution >= 0.6 is 0 Å². The zero-order valence-corrected chi connectivity index (χ0v) is 29.1. The van der Waals surface area contributed by atoms with Crippen LogP contribution in [0.25, 0.3) is 0 Å². The number of nitrogens with zero attached hydrogens (tertiary/aromatic N) is 2. The molecule has 13 heteroatoms. The van der Waals surface area contributed by atoms with Crippen molar-refractivity contribution in [2.75, 3.05) is 43.1 Å². The zero-order chi connectivity index (χ0) is 35.6. The van der Waals surface area contributed by atoms with E-state index in [1.807, 2.05) is 6.92 Å². The predicted octanol–water partition coefficient (Wildman–Crippen LogP) is 4.27. The Balaban J connectivity index is 1.40. The van der Waals surface area contributed by atoms with E-state index in [1.165, 1.54) is 23.5 Å². The minimum absolute atomic E-state index is 0.0217. The number of fused-ring (bicyclic) bond motifs is 1. The van der Waals surface area contributed by atoms with E-state index in [1.54, 1.807) is 72.5 Å². The van der Waals surface area contributed by atoms with Crippen LogP contribution in [0.1, 0.15) is 51.5 Å². The molecule has 0 aliphatic carbocycles. The summed E-state index contributed by atoms with van der Waals surface area (Å²) in [5.41, 5.74) is 7.99. The lowest BCUT2D eigenvalue weighted by atomic mass is 10.0. The number of ether oxygens (including phenoxy) is 1. The molecule has 4 rings (SSSR count). The number of hydrogen-bond acceptors (Lipinski definition) is 8. The predicted molar refractivity (Wildman–Crippen MR) is 189 cm³/mol. The fourth-order valence-electron chi connectivity index (χ4n) is 5.64. The first-order chi connectivity index (χ1) is 23.4. The Morgan fingerprint density at radius 2 is 1.65 bits per heavy atom. The molecule has 0 aromatic heterocycles. The third-order valence-corrected chi connectivity index (χ3v) is 10.5. The summed E-state index contributed by atoms with van der Waals surface area (Å²) in [6.07, 6.45) is 1.80. The second kappa shape index (κ2) is 17.3. The Morgan fingerprint density at radius 3 is 2.33 bits per heavy atom. The van der Waals surface area contributed by atoms with Crippen molar-refractivity contribution < 1.29 is 32.6 Å². The number of anilines is 3. The van der Waals surface area contributed by atoms with Gasteiger partial charge < -0.3 is 31.1 Å². The molecule has 0 unspecified atom stereocenters. The van der Waals surface area contributed by atoms with Crippen LogP contribution in [0.5, 0.6) is 5.75 Å². The van der Waals surface area contributed by atoms with E-state index in [9.17, 15) is 27.9 Å². The highest BCUT2D eigenvalue weighted by atomic mass is 32.2. The molecule has 3 amide bonds. The SMILES string of the molecule is C[C@H](CO)N1C[C@H](C)[C@H](CN(C)S(=O)(=O)c2ccccc2)Oc2ccc(NC(=O)CCCCCC(=O)Nc3ccccc3N)cc2CC1=O. The number of para-hydroxylation sites is 2. The van der Waals surface area contributed by atoms with Gasteiger partial charge in [-0.1, -0.05) is 43.7 Å². The summed E-state index contributed by atoms with van der Waals surface area (Å²) in [6, 6.07) is 19.8. The van der Waals surface area contributed by atoms with E-state index in [4.69, 9.17) is 10.5 Å². The van der Waals surface area contributed by atoms with Gasteiger partial charge in [-0.05, 0) is 62.2 Å². The van der Waals surface area contributed by atoms with Crippen molar-refractivity contribution in [1.82, 2.24) is 9.21 Å². The maximum Gasteiger partial charge on any atom is 0.242 e. The molecule has 0 spiro atoms. The lowest BCUT2D eigenvalue weighted by molar-refractivity contribution is -0.134. The summed E-state index contributed by atoms with van der Waals surface area (Å²) >= 11 is 0. The molecule has 49 heavy (non-hydrogen) atoms. The highest BCUT2D eigenvalue weighted by Crippen LogP contribution is 2.30. The molecule has 12 nitrogen and oxygen atoms in total. The topological polar surface area (TPSA) is 171 Å². The van der Waals surface area contributed by atoms with Gasteiger partial charge in [0, 0.05) is 43.6 Å². The summed E-state index contributed by atoms with van der Waals surface area (Å²) in [6.45, 7) is 3.69. The molecular weight excluding hydrogens is 646 g/mol. The summed E-state index contributed by atoms with van der Waals surface area (Å²) in [5, 5.41) is 15.6. The van der Waals surface area contributed by atoms with Gasteiger partial charge >= 0.3 is 0 Å². The van der Waals surface area contributed by atoms with Crippen LogP contribution < -0.4 is 21.1 Å². The normalized spacial score (nSPS) is 17.2. The zero-order valence-electron chi connectivity index (χ0n) is 28.3. The number of nitrogen functional groups attached to an aromatic ring is 1. The van der Waals surface area contributed by atoms with Crippen LogP contribution in [-0.2, 0) is 30.8 Å². The Kier molecular flexibility index (Phi) is 13.2. The van der Waals surface area contributed by atoms with Gasteiger partial charge in [-0.2, -0.15) is 4.31 Å². The molecule has 0 radical (unpaired) electrons. The van der Waals surface area contributed by atoms with E-state index >= 15 is 0 Å². The fraction of sp³-hybridized carbons (Fsp3) is 0.417. The van der Waals surface area contributed by atoms with Crippen molar-refractivity contribution in [3.8, 4) is 5.75 Å². The number of likely N-dealkylation sites (N-methyl/N-ethyl adjacent to an activating group) is 1. The molecule has 5 N–H and O–H groups in total. The number of aliphatic hydroxyl groups is 1. The van der Waals surface area contributed by atoms with Crippen LogP contribution in [0, 0.1) is 5.92 Å². The van der Waals surface area contributed by atoms with E-state index in [0.717, 1.165) is 0 Å². The minimum atomic E-state index is -3.80. The van der Waals surface area contributed by atoms with Gasteiger partial charge in [-0.25, -0.2) is 8.42 Å². The van der Waals surface area contributed by atoms with Crippen LogP contribution in [0.2, 0.25) is 0 Å². The van der Waals surface area contributed by atoms with Crippen LogP contribution in [0.15, 0.2) is 77.7 Å². The number of amides is 3. The number of aliphatic hydroxyl groups excluding tert-OH is 1. The van der Waals surface area contributed by atoms with Crippen LogP contribution in [0.3, 0.4) is 0 Å². The number of sulfonamides is 1. The van der Waals surface area contributed by atoms with Crippen molar-refractivity contribution in [1.29, 1.82) is 0 Å². The number of carbonyl (C=O) groups is 3. The molecule has 0 saturated carbocycles. The van der Waals surface area contributed by atoms with E-state index < -0.39 is 22.2 Å². The minimum Gasteiger partial charge on any atom is -0.488 e. The number of benzene rings is 3. The molecule has 3 atom stereocenters. The van der Waals surface area contributed by atoms with Crippen molar-refractivity contribution in [3.05, 3.63) is 78.4 Å². The van der Waals surface area contributed by atoms with Crippen LogP contribution in [-0.4, -0.2) is 79.3 Å². The third kappa shape index (κ3) is 10.3. The number of carbonyl (C=O) groups excluding carboxylic acids is 3. The molecular formula is C36H47N5O7S. The van der Waals surface area contributed by atoms with E-state index in [0.29, 0.717) is 54.1 Å². The van der Waals surface area contributed by atoms with Crippen molar-refractivity contribution in [3.63, 3.8) is 0 Å². The second-order valence-electron chi connectivity index (χ2n) is 12.6. The maximum absolute atomic E-state index is 13.5. The molecule has 0 fully saturated rings. The van der Waals surface area contributed by atoms with Gasteiger partial charge in [0.1, 0.15) is 11.9 Å². The molecule has 0 bridgehead atoms. The van der Waals surface area contributed by atoms with Crippen molar-refractivity contribution in [2.24, 2.45) is 5.92 Å². The average Bonchev–Trinajstić information content (AvgIpc) is 3.12. The molecule has 3 aromatic carbocycles. The number of nitrogens with two attached hydrogens (primary N) is 1. The molecule has 1 aliphatic rings. The Hall–Kier alpha value is -4.46. The second-order valence-corrected chi connectivity index (χ2v) is 14.6. The standard InChI is InChI=1S/C36H47N5O7S/c1-25-22-41(26(2)24-42)36(45)21-27-20-28(38-34(43)16-8-5-9-17-35(44)39-31-15-11-10-14-30(31)37)18-19-32(27)48-33(25)23-40(3)49(46,47)29-12-6-4-7-13-29/h4,6-7,10-15,18-20,25-26,33,42H,5,8-9,16-17,21-24,37H2,1-3H3,(H,38,43)(H,39,44)/t25-,26+,33-/m0/s1. The van der Waals surface area contributed by atoms with Gasteiger partial charge in [0.25, 0.3) is 0 Å². The third-order valence-electron chi connectivity index (χ3n) is 8.63. The molecule has 3 aromatic rings. The van der Waals surface area contributed by atoms with Crippen LogP contribution in [0.4, 0.5) is 17.1 Å². The summed E-state index contributed by atoms with van der Waals surface area (Å²) in [7, 11) is -2.30. The van der Waals surface area contributed by atoms with Gasteiger partial charge in [0.2, 0.25) is 27.7 Å². The maximum atomic E-state index is 13.5. The Morgan fingerprint density at radius 1 is 1.00 bits per heavy atom. The van der Waals surface area contributed by atoms with E-state index in [2.05, 4.69) is 10.6 Å². The Bertz CT molecular complexity index is 1700. The molecule has 0 saturated heterocycles. The lowest BCUT2D eigenvalue weighted by Crippen LogP contribution is -2.48. The highest BCUT2D eigenvalue weighted by Gasteiger charge is 2.33. The first-order valence-corrected chi connectivity index (χ1v) is 18.0. The number of nitrogens with one attached hydrogen (secondary N) is 2. The van der Waals surface area contributed by atoms with Gasteiger partial charge in [-0.15, -0.1) is 0 Å². The molecule has 1 heterocycles. The Labute approximate surface area is 288 Å². The van der Waals surface area contributed by atoms with Gasteiger partial charge in [0.05, 0.1) is 41.9 Å². The number of unbranched alkanes of at least 4 members (excludes halogenated alkanes) is 2.